The number of nitrogens with zero attached hydrogens (tertiary/aromatic N) is 1. The van der Waals surface area contributed by atoms with Crippen LogP contribution < -0.4 is 20.1 Å². The van der Waals surface area contributed by atoms with E-state index in [4.69, 9.17) is 9.47 Å². The largest absolute Gasteiger partial charge is 0.454 e. The molecule has 0 unspecified atom stereocenters. The summed E-state index contributed by atoms with van der Waals surface area (Å²) < 4.78 is 24.3. The van der Waals surface area contributed by atoms with Gasteiger partial charge in [0.25, 0.3) is 0 Å². The first-order chi connectivity index (χ1) is 12.3. The van der Waals surface area contributed by atoms with Crippen LogP contribution in [0.2, 0.25) is 0 Å². The standard InChI is InChI=1S/C19H22FN3O2.HI/c1-21-19(23-11-9-15-4-2-3-5-16(15)20)22-10-8-14-6-7-17-18(12-14)25-13-24-17;/h2-7,12H,8-11,13H2,1H3,(H2,21,22,23);1H. The predicted octanol–water partition coefficient (Wildman–Crippen LogP) is 3.12. The number of fused-ring (bicyclic) bond motifs is 1. The Morgan fingerprint density at radius 1 is 1.04 bits per heavy atom. The molecule has 0 amide bonds. The highest BCUT2D eigenvalue weighted by Crippen LogP contribution is 2.32. The van der Waals surface area contributed by atoms with Crippen LogP contribution in [-0.2, 0) is 12.8 Å². The fourth-order valence-corrected chi connectivity index (χ4v) is 2.66. The molecule has 3 rings (SSSR count). The van der Waals surface area contributed by atoms with Crippen LogP contribution in [0.4, 0.5) is 4.39 Å². The van der Waals surface area contributed by atoms with Gasteiger partial charge in [-0.2, -0.15) is 0 Å². The quantitative estimate of drug-likeness (QED) is 0.387. The second kappa shape index (κ2) is 10.2. The third-order valence-corrected chi connectivity index (χ3v) is 4.01. The lowest BCUT2D eigenvalue weighted by atomic mass is 10.1. The van der Waals surface area contributed by atoms with Crippen LogP contribution in [0.5, 0.6) is 11.5 Å². The molecule has 7 heteroatoms. The van der Waals surface area contributed by atoms with Gasteiger partial charge in [0.15, 0.2) is 17.5 Å². The second-order valence-corrected chi connectivity index (χ2v) is 5.70. The molecule has 1 heterocycles. The lowest BCUT2D eigenvalue weighted by Gasteiger charge is -2.12. The maximum atomic E-state index is 13.6. The molecule has 1 aliphatic rings. The topological polar surface area (TPSA) is 54.9 Å². The van der Waals surface area contributed by atoms with Crippen LogP contribution in [0.3, 0.4) is 0 Å². The van der Waals surface area contributed by atoms with Gasteiger partial charge in [0.1, 0.15) is 5.82 Å². The van der Waals surface area contributed by atoms with Crippen molar-refractivity contribution in [2.45, 2.75) is 12.8 Å². The summed E-state index contributed by atoms with van der Waals surface area (Å²) in [5, 5.41) is 6.46. The van der Waals surface area contributed by atoms with Crippen molar-refractivity contribution < 1.29 is 13.9 Å². The minimum absolute atomic E-state index is 0. The first-order valence-electron chi connectivity index (χ1n) is 8.32. The zero-order valence-corrected chi connectivity index (χ0v) is 17.0. The van der Waals surface area contributed by atoms with Gasteiger partial charge < -0.3 is 20.1 Å². The van der Waals surface area contributed by atoms with Crippen molar-refractivity contribution in [3.63, 3.8) is 0 Å². The smallest absolute Gasteiger partial charge is 0.231 e. The van der Waals surface area contributed by atoms with E-state index in [1.165, 1.54) is 11.6 Å². The normalized spacial score (nSPS) is 12.5. The molecule has 0 atom stereocenters. The van der Waals surface area contributed by atoms with Crippen LogP contribution in [0.15, 0.2) is 47.5 Å². The Morgan fingerprint density at radius 3 is 2.54 bits per heavy atom. The van der Waals surface area contributed by atoms with Crippen molar-refractivity contribution in [1.82, 2.24) is 10.6 Å². The average Bonchev–Trinajstić information content (AvgIpc) is 3.09. The Labute approximate surface area is 170 Å². The van der Waals surface area contributed by atoms with E-state index in [1.807, 2.05) is 24.3 Å². The fourth-order valence-electron chi connectivity index (χ4n) is 2.66. The number of nitrogens with one attached hydrogen (secondary N) is 2. The third kappa shape index (κ3) is 5.48. The molecule has 2 aromatic rings. The van der Waals surface area contributed by atoms with Crippen LogP contribution in [-0.4, -0.2) is 32.9 Å². The molecule has 140 valence electrons. The molecular weight excluding hydrogens is 448 g/mol. The number of aliphatic imine (C=N–C) groups is 1. The number of hydrogen-bond acceptors (Lipinski definition) is 3. The molecule has 0 radical (unpaired) electrons. The van der Waals surface area contributed by atoms with Crippen molar-refractivity contribution in [3.8, 4) is 11.5 Å². The van der Waals surface area contributed by atoms with E-state index in [1.54, 1.807) is 19.2 Å². The molecule has 0 saturated carbocycles. The van der Waals surface area contributed by atoms with E-state index < -0.39 is 0 Å². The molecule has 0 spiro atoms. The van der Waals surface area contributed by atoms with E-state index in [2.05, 4.69) is 15.6 Å². The van der Waals surface area contributed by atoms with Crippen molar-refractivity contribution >= 4 is 29.9 Å². The van der Waals surface area contributed by atoms with Crippen molar-refractivity contribution in [3.05, 3.63) is 59.4 Å². The minimum Gasteiger partial charge on any atom is -0.454 e. The predicted molar refractivity (Wildman–Crippen MR) is 111 cm³/mol. The Morgan fingerprint density at radius 2 is 1.77 bits per heavy atom. The van der Waals surface area contributed by atoms with Gasteiger partial charge >= 0.3 is 0 Å². The summed E-state index contributed by atoms with van der Waals surface area (Å²) in [4.78, 5) is 4.19. The van der Waals surface area contributed by atoms with Crippen LogP contribution in [0.1, 0.15) is 11.1 Å². The molecular formula is C19H23FIN3O2. The molecule has 2 aromatic carbocycles. The fraction of sp³-hybridized carbons (Fsp3) is 0.316. The maximum absolute atomic E-state index is 13.6. The van der Waals surface area contributed by atoms with Gasteiger partial charge in [-0.25, -0.2) is 4.39 Å². The van der Waals surface area contributed by atoms with E-state index in [9.17, 15) is 4.39 Å². The highest BCUT2D eigenvalue weighted by molar-refractivity contribution is 14.0. The average molecular weight is 471 g/mol. The summed E-state index contributed by atoms with van der Waals surface area (Å²) in [6.45, 7) is 1.64. The number of hydrogen-bond donors (Lipinski definition) is 2. The zero-order chi connectivity index (χ0) is 17.5. The van der Waals surface area contributed by atoms with Crippen LogP contribution >= 0.6 is 24.0 Å². The summed E-state index contributed by atoms with van der Waals surface area (Å²) in [5.74, 6) is 2.12. The van der Waals surface area contributed by atoms with Gasteiger partial charge in [0, 0.05) is 20.1 Å². The van der Waals surface area contributed by atoms with Gasteiger partial charge in [-0.15, -0.1) is 24.0 Å². The van der Waals surface area contributed by atoms with Crippen molar-refractivity contribution in [2.75, 3.05) is 26.9 Å². The summed E-state index contributed by atoms with van der Waals surface area (Å²) in [7, 11) is 1.72. The second-order valence-electron chi connectivity index (χ2n) is 5.70. The molecule has 0 aliphatic carbocycles. The third-order valence-electron chi connectivity index (χ3n) is 4.01. The van der Waals surface area contributed by atoms with E-state index in [0.29, 0.717) is 24.5 Å². The van der Waals surface area contributed by atoms with Crippen molar-refractivity contribution in [1.29, 1.82) is 0 Å². The number of benzene rings is 2. The summed E-state index contributed by atoms with van der Waals surface area (Å²) in [6.07, 6.45) is 1.44. The molecule has 5 nitrogen and oxygen atoms in total. The summed E-state index contributed by atoms with van der Waals surface area (Å²) >= 11 is 0. The molecule has 0 aromatic heterocycles. The van der Waals surface area contributed by atoms with Gasteiger partial charge in [-0.1, -0.05) is 24.3 Å². The zero-order valence-electron chi connectivity index (χ0n) is 14.6. The van der Waals surface area contributed by atoms with E-state index in [-0.39, 0.29) is 36.6 Å². The summed E-state index contributed by atoms with van der Waals surface area (Å²) in [5.41, 5.74) is 1.87. The number of guanidine groups is 1. The molecule has 0 bridgehead atoms. The number of ether oxygens (including phenoxy) is 2. The van der Waals surface area contributed by atoms with Crippen LogP contribution in [0.25, 0.3) is 0 Å². The Bertz CT molecular complexity index is 755. The summed E-state index contributed by atoms with van der Waals surface area (Å²) in [6, 6.07) is 12.8. The first kappa shape index (κ1) is 20.3. The Balaban J connectivity index is 0.00000243. The Kier molecular flexibility index (Phi) is 7.96. The molecule has 0 fully saturated rings. The first-order valence-corrected chi connectivity index (χ1v) is 8.32. The molecule has 0 saturated heterocycles. The molecule has 26 heavy (non-hydrogen) atoms. The van der Waals surface area contributed by atoms with E-state index >= 15 is 0 Å². The lowest BCUT2D eigenvalue weighted by molar-refractivity contribution is 0.174. The maximum Gasteiger partial charge on any atom is 0.231 e. The lowest BCUT2D eigenvalue weighted by Crippen LogP contribution is -2.39. The van der Waals surface area contributed by atoms with Gasteiger partial charge in [0.05, 0.1) is 0 Å². The van der Waals surface area contributed by atoms with E-state index in [0.717, 1.165) is 24.5 Å². The van der Waals surface area contributed by atoms with Gasteiger partial charge in [0.2, 0.25) is 6.79 Å². The highest BCUT2D eigenvalue weighted by Gasteiger charge is 2.12. The number of rotatable bonds is 6. The SMILES string of the molecule is CN=C(NCCc1ccc2c(c1)OCO2)NCCc1ccccc1F.I. The van der Waals surface area contributed by atoms with Gasteiger partial charge in [-0.05, 0) is 42.2 Å². The monoisotopic (exact) mass is 471 g/mol. The van der Waals surface area contributed by atoms with Gasteiger partial charge in [-0.3, -0.25) is 4.99 Å². The molecule has 2 N–H and O–H groups in total. The Hall–Kier alpha value is -2.03. The molecule has 1 aliphatic heterocycles. The highest BCUT2D eigenvalue weighted by atomic mass is 127. The van der Waals surface area contributed by atoms with Crippen molar-refractivity contribution in [2.24, 2.45) is 4.99 Å². The van der Waals surface area contributed by atoms with Crippen LogP contribution in [0, 0.1) is 5.82 Å². The number of halogens is 2. The minimum atomic E-state index is -0.171.